The molecule has 0 radical (unpaired) electrons. The Morgan fingerprint density at radius 1 is 1.47 bits per heavy atom. The van der Waals surface area contributed by atoms with Crippen LogP contribution in [0.3, 0.4) is 0 Å². The average Bonchev–Trinajstić information content (AvgIpc) is 2.69. The standard InChI is InChI=1S/C16H23ClFN/c1-16(2)9-5-6-12(16)15(19-3)10-11-13(17)7-4-8-14(11)18/h4,7-8,12,15,19H,5-6,9-10H2,1-3H3. The molecule has 2 rings (SSSR count). The smallest absolute Gasteiger partial charge is 0.127 e. The summed E-state index contributed by atoms with van der Waals surface area (Å²) < 4.78 is 13.9. The van der Waals surface area contributed by atoms with Crippen molar-refractivity contribution in [3.8, 4) is 0 Å². The van der Waals surface area contributed by atoms with Crippen LogP contribution in [0.1, 0.15) is 38.7 Å². The summed E-state index contributed by atoms with van der Waals surface area (Å²) in [5.74, 6) is 0.386. The van der Waals surface area contributed by atoms with Crippen LogP contribution in [0.4, 0.5) is 4.39 Å². The van der Waals surface area contributed by atoms with Crippen LogP contribution in [0.15, 0.2) is 18.2 Å². The minimum Gasteiger partial charge on any atom is -0.316 e. The van der Waals surface area contributed by atoms with E-state index in [0.29, 0.717) is 28.3 Å². The Labute approximate surface area is 120 Å². The monoisotopic (exact) mass is 283 g/mol. The fourth-order valence-electron chi connectivity index (χ4n) is 3.49. The van der Waals surface area contributed by atoms with Gasteiger partial charge in [0.05, 0.1) is 0 Å². The van der Waals surface area contributed by atoms with Crippen molar-refractivity contribution in [2.75, 3.05) is 7.05 Å². The molecule has 1 N–H and O–H groups in total. The lowest BCUT2D eigenvalue weighted by atomic mass is 9.76. The summed E-state index contributed by atoms with van der Waals surface area (Å²) in [6.07, 6.45) is 4.39. The molecule has 0 saturated heterocycles. The number of likely N-dealkylation sites (N-methyl/N-ethyl adjacent to an activating group) is 1. The molecule has 0 heterocycles. The Hall–Kier alpha value is -0.600. The van der Waals surface area contributed by atoms with Crippen LogP contribution in [0.2, 0.25) is 5.02 Å². The second kappa shape index (κ2) is 5.80. The normalized spacial score (nSPS) is 23.5. The molecular formula is C16H23ClFN. The highest BCUT2D eigenvalue weighted by Gasteiger charge is 2.39. The molecule has 0 aromatic heterocycles. The average molecular weight is 284 g/mol. The molecule has 2 atom stereocenters. The maximum Gasteiger partial charge on any atom is 0.127 e. The van der Waals surface area contributed by atoms with E-state index in [2.05, 4.69) is 19.2 Å². The minimum absolute atomic E-state index is 0.191. The van der Waals surface area contributed by atoms with Crippen molar-refractivity contribution < 1.29 is 4.39 Å². The number of nitrogens with one attached hydrogen (secondary N) is 1. The molecule has 1 fully saturated rings. The second-order valence-corrected chi connectivity index (χ2v) is 6.69. The number of benzene rings is 1. The third kappa shape index (κ3) is 3.11. The summed E-state index contributed by atoms with van der Waals surface area (Å²) in [4.78, 5) is 0. The van der Waals surface area contributed by atoms with Gasteiger partial charge in [0.25, 0.3) is 0 Å². The van der Waals surface area contributed by atoms with E-state index in [0.717, 1.165) is 0 Å². The summed E-state index contributed by atoms with van der Waals surface area (Å²) in [7, 11) is 1.97. The number of hydrogen-bond donors (Lipinski definition) is 1. The molecule has 1 saturated carbocycles. The molecule has 3 heteroatoms. The SMILES string of the molecule is CNC(Cc1c(F)cccc1Cl)C1CCCC1(C)C. The first-order valence-corrected chi connectivity index (χ1v) is 7.43. The van der Waals surface area contributed by atoms with Gasteiger partial charge in [-0.2, -0.15) is 0 Å². The zero-order valence-corrected chi connectivity index (χ0v) is 12.7. The van der Waals surface area contributed by atoms with Gasteiger partial charge in [0.15, 0.2) is 0 Å². The molecule has 1 aliphatic carbocycles. The highest BCUT2D eigenvalue weighted by Crippen LogP contribution is 2.45. The van der Waals surface area contributed by atoms with Gasteiger partial charge in [0.1, 0.15) is 5.82 Å². The maximum atomic E-state index is 13.9. The lowest BCUT2D eigenvalue weighted by Crippen LogP contribution is -2.40. The molecule has 0 spiro atoms. The van der Waals surface area contributed by atoms with Gasteiger partial charge in [-0.25, -0.2) is 4.39 Å². The van der Waals surface area contributed by atoms with E-state index in [1.165, 1.54) is 25.3 Å². The zero-order chi connectivity index (χ0) is 14.0. The molecule has 2 unspecified atom stereocenters. The third-order valence-corrected chi connectivity index (χ3v) is 5.04. The first-order chi connectivity index (χ1) is 8.95. The Balaban J connectivity index is 2.20. The Morgan fingerprint density at radius 2 is 2.21 bits per heavy atom. The lowest BCUT2D eigenvalue weighted by Gasteiger charge is -2.34. The molecule has 1 aromatic rings. The highest BCUT2D eigenvalue weighted by molar-refractivity contribution is 6.31. The molecule has 0 amide bonds. The van der Waals surface area contributed by atoms with Gasteiger partial charge in [-0.3, -0.25) is 0 Å². The molecule has 19 heavy (non-hydrogen) atoms. The van der Waals surface area contributed by atoms with Crippen molar-refractivity contribution in [2.45, 2.75) is 45.6 Å². The van der Waals surface area contributed by atoms with Gasteiger partial charge in [-0.15, -0.1) is 0 Å². The molecule has 1 nitrogen and oxygen atoms in total. The summed E-state index contributed by atoms with van der Waals surface area (Å²) in [5, 5.41) is 3.92. The quantitative estimate of drug-likeness (QED) is 0.862. The maximum absolute atomic E-state index is 13.9. The predicted molar refractivity (Wildman–Crippen MR) is 79.1 cm³/mol. The van der Waals surface area contributed by atoms with Crippen LogP contribution in [0.5, 0.6) is 0 Å². The summed E-state index contributed by atoms with van der Waals surface area (Å²) >= 11 is 6.14. The van der Waals surface area contributed by atoms with Crippen LogP contribution in [0.25, 0.3) is 0 Å². The van der Waals surface area contributed by atoms with Gasteiger partial charge in [-0.1, -0.05) is 37.9 Å². The fraction of sp³-hybridized carbons (Fsp3) is 0.625. The first-order valence-electron chi connectivity index (χ1n) is 7.06. The van der Waals surface area contributed by atoms with Gasteiger partial charge < -0.3 is 5.32 Å². The molecule has 1 aromatic carbocycles. The molecule has 106 valence electrons. The fourth-order valence-corrected chi connectivity index (χ4v) is 3.73. The van der Waals surface area contributed by atoms with Crippen molar-refractivity contribution >= 4 is 11.6 Å². The lowest BCUT2D eigenvalue weighted by molar-refractivity contribution is 0.201. The van der Waals surface area contributed by atoms with E-state index in [4.69, 9.17) is 11.6 Å². The number of hydrogen-bond acceptors (Lipinski definition) is 1. The van der Waals surface area contributed by atoms with E-state index in [1.54, 1.807) is 12.1 Å². The summed E-state index contributed by atoms with van der Waals surface area (Å²) in [5.41, 5.74) is 0.969. The Bertz CT molecular complexity index is 424. The van der Waals surface area contributed by atoms with Gasteiger partial charge in [-0.05, 0) is 49.8 Å². The van der Waals surface area contributed by atoms with Crippen molar-refractivity contribution in [3.63, 3.8) is 0 Å². The number of rotatable bonds is 4. The third-order valence-electron chi connectivity index (χ3n) is 4.68. The van der Waals surface area contributed by atoms with Crippen LogP contribution in [-0.2, 0) is 6.42 Å². The largest absolute Gasteiger partial charge is 0.316 e. The highest BCUT2D eigenvalue weighted by atomic mass is 35.5. The van der Waals surface area contributed by atoms with E-state index >= 15 is 0 Å². The summed E-state index contributed by atoms with van der Waals surface area (Å²) in [6.45, 7) is 4.63. The van der Waals surface area contributed by atoms with E-state index in [-0.39, 0.29) is 11.9 Å². The van der Waals surface area contributed by atoms with Gasteiger partial charge >= 0.3 is 0 Å². The van der Waals surface area contributed by atoms with Gasteiger partial charge in [0.2, 0.25) is 0 Å². The first kappa shape index (κ1) is 14.8. The van der Waals surface area contributed by atoms with E-state index in [9.17, 15) is 4.39 Å². The minimum atomic E-state index is -0.191. The van der Waals surface area contributed by atoms with Crippen LogP contribution >= 0.6 is 11.6 Å². The van der Waals surface area contributed by atoms with Crippen LogP contribution in [-0.4, -0.2) is 13.1 Å². The topological polar surface area (TPSA) is 12.0 Å². The zero-order valence-electron chi connectivity index (χ0n) is 12.0. The Morgan fingerprint density at radius 3 is 2.74 bits per heavy atom. The molecular weight excluding hydrogens is 261 g/mol. The van der Waals surface area contributed by atoms with Crippen molar-refractivity contribution in [1.82, 2.24) is 5.32 Å². The predicted octanol–water partition coefficient (Wildman–Crippen LogP) is 4.44. The van der Waals surface area contributed by atoms with Crippen molar-refractivity contribution in [2.24, 2.45) is 11.3 Å². The molecule has 0 bridgehead atoms. The van der Waals surface area contributed by atoms with E-state index in [1.807, 2.05) is 7.05 Å². The second-order valence-electron chi connectivity index (χ2n) is 6.29. The molecule has 1 aliphatic rings. The Kier molecular flexibility index (Phi) is 4.52. The summed E-state index contributed by atoms with van der Waals surface area (Å²) in [6, 6.07) is 5.21. The van der Waals surface area contributed by atoms with E-state index < -0.39 is 0 Å². The van der Waals surface area contributed by atoms with Gasteiger partial charge in [0, 0.05) is 16.6 Å². The van der Waals surface area contributed by atoms with Crippen LogP contribution < -0.4 is 5.32 Å². The van der Waals surface area contributed by atoms with Crippen molar-refractivity contribution in [1.29, 1.82) is 0 Å². The van der Waals surface area contributed by atoms with Crippen LogP contribution in [0, 0.1) is 17.2 Å². The molecule has 0 aliphatic heterocycles. The number of halogens is 2. The van der Waals surface area contributed by atoms with Crippen molar-refractivity contribution in [3.05, 3.63) is 34.6 Å².